The molecule has 0 aliphatic heterocycles. The van der Waals surface area contributed by atoms with E-state index >= 15 is 0 Å². The largest absolute Gasteiger partial charge is 0.497 e. The van der Waals surface area contributed by atoms with Crippen molar-refractivity contribution in [3.8, 4) is 5.75 Å². The number of nitrogens with zero attached hydrogens (tertiary/aromatic N) is 1. The second kappa shape index (κ2) is 24.7. The van der Waals surface area contributed by atoms with Crippen molar-refractivity contribution in [1.82, 2.24) is 4.98 Å². The topological polar surface area (TPSA) is 135 Å². The zero-order valence-electron chi connectivity index (χ0n) is 33.0. The summed E-state index contributed by atoms with van der Waals surface area (Å²) in [5.41, 5.74) is 1.08. The van der Waals surface area contributed by atoms with Crippen LogP contribution in [0, 0.1) is 16.2 Å². The summed E-state index contributed by atoms with van der Waals surface area (Å²) in [6, 6.07) is 17.4. The van der Waals surface area contributed by atoms with E-state index in [4.69, 9.17) is 32.7 Å². The Hall–Kier alpha value is -2.58. The Morgan fingerprint density at radius 1 is 0.692 bits per heavy atom. The first-order valence-electron chi connectivity index (χ1n) is 16.3. The number of hydrogen-bond acceptors (Lipinski definition) is 10. The lowest BCUT2D eigenvalue weighted by Crippen LogP contribution is -2.17. The van der Waals surface area contributed by atoms with Gasteiger partial charge in [0.25, 0.3) is 20.2 Å². The number of carbonyl (C=O) groups excluding carboxylic acids is 1. The maximum absolute atomic E-state index is 12.2. The van der Waals surface area contributed by atoms with Gasteiger partial charge in [-0.1, -0.05) is 91.6 Å². The van der Waals surface area contributed by atoms with Crippen LogP contribution < -0.4 is 4.74 Å². The van der Waals surface area contributed by atoms with Gasteiger partial charge in [-0.3, -0.25) is 18.1 Å². The lowest BCUT2D eigenvalue weighted by atomic mass is 9.99. The van der Waals surface area contributed by atoms with Gasteiger partial charge in [0.15, 0.2) is 5.78 Å². The summed E-state index contributed by atoms with van der Waals surface area (Å²) in [5, 5.41) is 0.872. The van der Waals surface area contributed by atoms with Crippen LogP contribution in [0.15, 0.2) is 73.1 Å². The quantitative estimate of drug-likeness (QED) is 0.152. The number of carbonyl (C=O) groups is 1. The van der Waals surface area contributed by atoms with Crippen LogP contribution in [0.3, 0.4) is 0 Å². The lowest BCUT2D eigenvalue weighted by molar-refractivity contribution is 0.0805. The fourth-order valence-electron chi connectivity index (χ4n) is 2.86. The van der Waals surface area contributed by atoms with E-state index in [9.17, 15) is 21.6 Å². The summed E-state index contributed by atoms with van der Waals surface area (Å²) in [6.45, 7) is 22.2. The molecule has 0 amide bonds. The normalized spacial score (nSPS) is 11.5. The van der Waals surface area contributed by atoms with Crippen molar-refractivity contribution in [2.45, 2.75) is 69.2 Å². The molecule has 0 unspecified atom stereocenters. The van der Waals surface area contributed by atoms with Crippen molar-refractivity contribution >= 4 is 49.2 Å². The van der Waals surface area contributed by atoms with Crippen LogP contribution in [-0.4, -0.2) is 73.7 Å². The molecule has 0 N–H and O–H groups in total. The fourth-order valence-corrected chi connectivity index (χ4v) is 4.37. The van der Waals surface area contributed by atoms with Gasteiger partial charge in [0.2, 0.25) is 0 Å². The van der Waals surface area contributed by atoms with Crippen LogP contribution in [0.4, 0.5) is 0 Å². The highest BCUT2D eigenvalue weighted by atomic mass is 35.5. The van der Waals surface area contributed by atoms with Crippen LogP contribution in [-0.2, 0) is 33.3 Å². The van der Waals surface area contributed by atoms with E-state index in [0.717, 1.165) is 25.7 Å². The first-order chi connectivity index (χ1) is 23.6. The van der Waals surface area contributed by atoms with Gasteiger partial charge in [0, 0.05) is 35.2 Å². The molecule has 14 heteroatoms. The van der Waals surface area contributed by atoms with Crippen LogP contribution in [0.1, 0.15) is 85.2 Å². The first-order valence-corrected chi connectivity index (χ1v) is 20.7. The molecule has 10 nitrogen and oxygen atoms in total. The molecule has 1 aromatic heterocycles. The van der Waals surface area contributed by atoms with Crippen molar-refractivity contribution < 1.29 is 39.5 Å². The third-order valence-corrected chi connectivity index (χ3v) is 6.90. The Morgan fingerprint density at radius 3 is 1.40 bits per heavy atom. The Morgan fingerprint density at radius 2 is 1.13 bits per heavy atom. The molecular weight excluding hydrogens is 749 g/mol. The van der Waals surface area contributed by atoms with Gasteiger partial charge < -0.3 is 9.47 Å². The smallest absolute Gasteiger partial charge is 0.264 e. The molecular formula is C38H59Cl2NO9S2. The molecule has 0 fully saturated rings. The molecule has 0 aliphatic carbocycles. The van der Waals surface area contributed by atoms with Crippen molar-refractivity contribution in [2.75, 3.05) is 46.0 Å². The molecule has 0 atom stereocenters. The van der Waals surface area contributed by atoms with E-state index in [1.807, 2.05) is 66.7 Å². The molecule has 2 aromatic carbocycles. The number of aromatic nitrogens is 1. The molecule has 0 spiro atoms. The van der Waals surface area contributed by atoms with Crippen molar-refractivity contribution in [3.05, 3.63) is 94.2 Å². The second-order valence-electron chi connectivity index (χ2n) is 15.0. The number of rotatable bonds is 9. The lowest BCUT2D eigenvalue weighted by Gasteiger charge is -2.16. The van der Waals surface area contributed by atoms with Gasteiger partial charge in [-0.2, -0.15) is 16.8 Å². The SMILES string of the molecule is CC(C)(C)COS(C)(=O)=O.CC(C)(C)COS(C)(=O)=O.CCOCC(C)(C)C.COc1ccc(C(=O)c2cc(Cl)ccc2Cl)cc1.c1ccncc1. The Bertz CT molecular complexity index is 1560. The van der Waals surface area contributed by atoms with Gasteiger partial charge in [-0.25, -0.2) is 0 Å². The predicted octanol–water partition coefficient (Wildman–Crippen LogP) is 9.40. The number of methoxy groups -OCH3 is 1. The summed E-state index contributed by atoms with van der Waals surface area (Å²) in [7, 11) is -4.94. The maximum Gasteiger partial charge on any atom is 0.264 e. The standard InChI is InChI=1S/C14H10Cl2O2.C7H16O.2C6H14O3S.C5H5N/c1-18-11-5-2-9(3-6-11)14(17)12-8-10(15)4-7-13(12)16;1-5-8-6-7(2,3)4;2*1-6(2,3)5-9-10(4,7)8;1-2-4-6-5-3-1/h2-8H,1H3;5-6H2,1-4H3;2*5H2,1-4H3;1-5H. The highest BCUT2D eigenvalue weighted by molar-refractivity contribution is 7.86. The summed E-state index contributed by atoms with van der Waals surface area (Å²) >= 11 is 11.9. The fraction of sp³-hybridized carbons (Fsp3) is 0.526. The number of benzene rings is 2. The molecule has 3 rings (SSSR count). The molecule has 0 aliphatic rings. The summed E-state index contributed by atoms with van der Waals surface area (Å²) in [5.74, 6) is 0.536. The zero-order valence-corrected chi connectivity index (χ0v) is 36.1. The maximum atomic E-state index is 12.2. The van der Waals surface area contributed by atoms with Crippen LogP contribution >= 0.6 is 23.2 Å². The molecule has 0 saturated heterocycles. The highest BCUT2D eigenvalue weighted by Gasteiger charge is 2.15. The number of ether oxygens (including phenoxy) is 2. The Labute approximate surface area is 323 Å². The van der Waals surface area contributed by atoms with E-state index in [-0.39, 0.29) is 29.8 Å². The summed E-state index contributed by atoms with van der Waals surface area (Å²) in [4.78, 5) is 16.0. The van der Waals surface area contributed by atoms with E-state index < -0.39 is 20.2 Å². The molecule has 0 radical (unpaired) electrons. The number of halogens is 2. The third kappa shape index (κ3) is 33.3. The van der Waals surface area contributed by atoms with Crippen molar-refractivity contribution in [2.24, 2.45) is 16.2 Å². The van der Waals surface area contributed by atoms with Crippen LogP contribution in [0.25, 0.3) is 0 Å². The Balaban J connectivity index is 0. The van der Waals surface area contributed by atoms with Crippen LogP contribution in [0.2, 0.25) is 10.0 Å². The summed E-state index contributed by atoms with van der Waals surface area (Å²) in [6.07, 6.45) is 5.61. The predicted molar refractivity (Wildman–Crippen MR) is 214 cm³/mol. The molecule has 1 heterocycles. The monoisotopic (exact) mass is 807 g/mol. The van der Waals surface area contributed by atoms with E-state index in [2.05, 4.69) is 34.1 Å². The number of ketones is 1. The average Bonchev–Trinajstić information content (AvgIpc) is 3.03. The van der Waals surface area contributed by atoms with Crippen LogP contribution in [0.5, 0.6) is 5.75 Å². The Kier molecular flexibility index (Phi) is 24.5. The molecule has 3 aromatic rings. The molecule has 52 heavy (non-hydrogen) atoms. The van der Waals surface area contributed by atoms with E-state index in [1.165, 1.54) is 0 Å². The average molecular weight is 809 g/mol. The van der Waals surface area contributed by atoms with E-state index in [1.54, 1.807) is 62.0 Å². The van der Waals surface area contributed by atoms with E-state index in [0.29, 0.717) is 32.3 Å². The highest BCUT2D eigenvalue weighted by Crippen LogP contribution is 2.24. The second-order valence-corrected chi connectivity index (χ2v) is 19.1. The number of pyridine rings is 1. The van der Waals surface area contributed by atoms with Gasteiger partial charge >= 0.3 is 0 Å². The zero-order chi connectivity index (χ0) is 40.8. The van der Waals surface area contributed by atoms with Crippen molar-refractivity contribution in [1.29, 1.82) is 0 Å². The van der Waals surface area contributed by atoms with Gasteiger partial charge in [-0.05, 0) is 77.8 Å². The minimum atomic E-state index is -3.26. The third-order valence-electron chi connectivity index (χ3n) is 5.24. The number of hydrogen-bond donors (Lipinski definition) is 0. The summed E-state index contributed by atoms with van der Waals surface area (Å²) < 4.78 is 61.2. The van der Waals surface area contributed by atoms with Crippen molar-refractivity contribution in [3.63, 3.8) is 0 Å². The minimum Gasteiger partial charge on any atom is -0.497 e. The minimum absolute atomic E-state index is 0.0942. The molecule has 296 valence electrons. The van der Waals surface area contributed by atoms with Gasteiger partial charge in [0.05, 0.1) is 44.5 Å². The van der Waals surface area contributed by atoms with Gasteiger partial charge in [-0.15, -0.1) is 0 Å². The first kappa shape index (κ1) is 51.5. The molecule has 0 bridgehead atoms. The molecule has 0 saturated carbocycles. The van der Waals surface area contributed by atoms with Gasteiger partial charge in [0.1, 0.15) is 5.75 Å².